The number of anilines is 1. The van der Waals surface area contributed by atoms with Gasteiger partial charge in [-0.15, -0.1) is 0 Å². The van der Waals surface area contributed by atoms with Crippen molar-refractivity contribution in [3.8, 4) is 11.5 Å². The monoisotopic (exact) mass is 745 g/mol. The van der Waals surface area contributed by atoms with Crippen LogP contribution in [-0.4, -0.2) is 57.0 Å². The average molecular weight is 747 g/mol. The molecule has 1 aliphatic carbocycles. The second kappa shape index (κ2) is 15.9. The number of sulfonamides is 1. The van der Waals surface area contributed by atoms with E-state index in [0.29, 0.717) is 24.7 Å². The molecule has 4 aromatic rings. The Bertz CT molecular complexity index is 1850. The van der Waals surface area contributed by atoms with E-state index in [1.165, 1.54) is 17.0 Å². The maximum atomic E-state index is 14.8. The van der Waals surface area contributed by atoms with Crippen LogP contribution in [0.3, 0.4) is 0 Å². The van der Waals surface area contributed by atoms with Gasteiger partial charge in [0, 0.05) is 29.5 Å². The smallest absolute Gasteiger partial charge is 0.264 e. The van der Waals surface area contributed by atoms with Crippen LogP contribution in [0.25, 0.3) is 0 Å². The standard InChI is InChI=1S/C38H40BrN3O6S/c39-30-14-10-13-29(23-30)26-41(34(24-28-11-4-1-5-12-28)38(44)40-31-15-6-2-7-16-31)37(43)27-42(49(45,46)33-17-8-3-9-18-33)32-19-20-35-36(25-32)48-22-21-47-35/h1,3-5,8-14,17-20,23,25,31,34H,2,6-7,15-16,21-22,24,26-27H2,(H,40,44)/t34-/m1/s1. The van der Waals surface area contributed by atoms with Gasteiger partial charge < -0.3 is 19.7 Å². The lowest BCUT2D eigenvalue weighted by Crippen LogP contribution is -2.55. The van der Waals surface area contributed by atoms with Crippen LogP contribution in [-0.2, 0) is 32.6 Å². The third-order valence-corrected chi connectivity index (χ3v) is 11.2. The van der Waals surface area contributed by atoms with E-state index in [0.717, 1.165) is 52.0 Å². The van der Waals surface area contributed by atoms with Gasteiger partial charge in [-0.1, -0.05) is 95.9 Å². The number of nitrogens with one attached hydrogen (secondary N) is 1. The molecule has 1 atom stereocenters. The van der Waals surface area contributed by atoms with Gasteiger partial charge in [-0.3, -0.25) is 13.9 Å². The average Bonchev–Trinajstić information content (AvgIpc) is 3.13. The molecule has 9 nitrogen and oxygen atoms in total. The fourth-order valence-corrected chi connectivity index (χ4v) is 8.24. The van der Waals surface area contributed by atoms with Crippen LogP contribution in [0.1, 0.15) is 43.2 Å². The second-order valence-corrected chi connectivity index (χ2v) is 15.1. The molecule has 1 fully saturated rings. The molecule has 6 rings (SSSR count). The predicted octanol–water partition coefficient (Wildman–Crippen LogP) is 6.50. The first-order valence-corrected chi connectivity index (χ1v) is 18.9. The number of halogens is 1. The van der Waals surface area contributed by atoms with Crippen molar-refractivity contribution in [2.45, 2.75) is 62.0 Å². The Morgan fingerprint density at radius 1 is 0.796 bits per heavy atom. The Morgan fingerprint density at radius 2 is 1.47 bits per heavy atom. The van der Waals surface area contributed by atoms with Crippen LogP contribution in [0.5, 0.6) is 11.5 Å². The summed E-state index contributed by atoms with van der Waals surface area (Å²) in [6.07, 6.45) is 5.24. The first kappa shape index (κ1) is 34.5. The van der Waals surface area contributed by atoms with E-state index in [1.54, 1.807) is 36.4 Å². The molecule has 11 heteroatoms. The third kappa shape index (κ3) is 8.63. The number of benzene rings is 4. The highest BCUT2D eigenvalue weighted by Crippen LogP contribution is 2.36. The molecule has 1 saturated carbocycles. The van der Waals surface area contributed by atoms with E-state index >= 15 is 0 Å². The van der Waals surface area contributed by atoms with Gasteiger partial charge in [-0.05, 0) is 60.4 Å². The molecule has 0 aromatic heterocycles. The normalized spacial score (nSPS) is 15.2. The Balaban J connectivity index is 1.40. The van der Waals surface area contributed by atoms with Gasteiger partial charge in [0.25, 0.3) is 10.0 Å². The molecule has 0 saturated heterocycles. The van der Waals surface area contributed by atoms with Crippen molar-refractivity contribution < 1.29 is 27.5 Å². The van der Waals surface area contributed by atoms with Crippen molar-refractivity contribution in [2.75, 3.05) is 24.1 Å². The quantitative estimate of drug-likeness (QED) is 0.178. The summed E-state index contributed by atoms with van der Waals surface area (Å²) in [5.41, 5.74) is 1.93. The van der Waals surface area contributed by atoms with Crippen molar-refractivity contribution in [3.63, 3.8) is 0 Å². The number of hydrogen-bond donors (Lipinski definition) is 1. The van der Waals surface area contributed by atoms with Crippen LogP contribution in [0, 0.1) is 0 Å². The minimum Gasteiger partial charge on any atom is -0.486 e. The highest BCUT2D eigenvalue weighted by molar-refractivity contribution is 9.10. The Labute approximate surface area is 296 Å². The van der Waals surface area contributed by atoms with E-state index in [4.69, 9.17) is 9.47 Å². The van der Waals surface area contributed by atoms with Crippen LogP contribution in [0.15, 0.2) is 112 Å². The number of rotatable bonds is 12. The lowest BCUT2D eigenvalue weighted by molar-refractivity contribution is -0.140. The SMILES string of the molecule is O=C(NC1CCCCC1)[C@@H](Cc1ccccc1)N(Cc1cccc(Br)c1)C(=O)CN(c1ccc2c(c1)OCCO2)S(=O)(=O)c1ccccc1. The maximum Gasteiger partial charge on any atom is 0.264 e. The predicted molar refractivity (Wildman–Crippen MR) is 192 cm³/mol. The van der Waals surface area contributed by atoms with Crippen LogP contribution in [0.4, 0.5) is 5.69 Å². The number of ether oxygens (including phenoxy) is 2. The van der Waals surface area contributed by atoms with E-state index in [1.807, 2.05) is 54.6 Å². The molecule has 0 radical (unpaired) electrons. The largest absolute Gasteiger partial charge is 0.486 e. The van der Waals surface area contributed by atoms with Crippen molar-refractivity contribution in [2.24, 2.45) is 0 Å². The van der Waals surface area contributed by atoms with Gasteiger partial charge in [0.2, 0.25) is 11.8 Å². The number of carbonyl (C=O) groups is 2. The summed E-state index contributed by atoms with van der Waals surface area (Å²) in [6.45, 7) is 0.243. The Kier molecular flexibility index (Phi) is 11.2. The topological polar surface area (TPSA) is 105 Å². The number of carbonyl (C=O) groups excluding carboxylic acids is 2. The molecular formula is C38H40BrN3O6S. The molecule has 2 aliphatic rings. The molecule has 0 bridgehead atoms. The molecule has 0 spiro atoms. The maximum absolute atomic E-state index is 14.8. The molecule has 1 aliphatic heterocycles. The molecular weight excluding hydrogens is 706 g/mol. The molecule has 2 amide bonds. The van der Waals surface area contributed by atoms with Gasteiger partial charge in [-0.2, -0.15) is 0 Å². The summed E-state index contributed by atoms with van der Waals surface area (Å²) in [4.78, 5) is 30.6. The Morgan fingerprint density at radius 3 is 2.18 bits per heavy atom. The summed E-state index contributed by atoms with van der Waals surface area (Å²) in [6, 6.07) is 29.1. The zero-order valence-corrected chi connectivity index (χ0v) is 29.6. The number of nitrogens with zero attached hydrogens (tertiary/aromatic N) is 2. The van der Waals surface area contributed by atoms with Gasteiger partial charge in [0.15, 0.2) is 11.5 Å². The van der Waals surface area contributed by atoms with E-state index in [9.17, 15) is 18.0 Å². The molecule has 4 aromatic carbocycles. The number of fused-ring (bicyclic) bond motifs is 1. The minimum atomic E-state index is -4.23. The summed E-state index contributed by atoms with van der Waals surface area (Å²) in [5, 5.41) is 3.24. The van der Waals surface area contributed by atoms with Crippen molar-refractivity contribution >= 4 is 43.5 Å². The highest BCUT2D eigenvalue weighted by atomic mass is 79.9. The van der Waals surface area contributed by atoms with Gasteiger partial charge in [-0.25, -0.2) is 8.42 Å². The number of amides is 2. The summed E-state index contributed by atoms with van der Waals surface area (Å²) < 4.78 is 42.0. The van der Waals surface area contributed by atoms with Gasteiger partial charge in [0.1, 0.15) is 25.8 Å². The summed E-state index contributed by atoms with van der Waals surface area (Å²) >= 11 is 3.54. The Hall–Kier alpha value is -4.35. The second-order valence-electron chi connectivity index (χ2n) is 12.4. The fourth-order valence-electron chi connectivity index (χ4n) is 6.37. The van der Waals surface area contributed by atoms with Crippen LogP contribution in [0.2, 0.25) is 0 Å². The summed E-state index contributed by atoms with van der Waals surface area (Å²) in [7, 11) is -4.23. The first-order valence-electron chi connectivity index (χ1n) is 16.6. The van der Waals surface area contributed by atoms with Crippen molar-refractivity contribution in [3.05, 3.63) is 119 Å². The first-order chi connectivity index (χ1) is 23.8. The molecule has 1 heterocycles. The third-order valence-electron chi connectivity index (χ3n) is 8.89. The van der Waals surface area contributed by atoms with Crippen LogP contribution < -0.4 is 19.1 Å². The van der Waals surface area contributed by atoms with Crippen LogP contribution >= 0.6 is 15.9 Å². The van der Waals surface area contributed by atoms with E-state index in [-0.39, 0.29) is 35.5 Å². The van der Waals surface area contributed by atoms with Crippen molar-refractivity contribution in [1.82, 2.24) is 10.2 Å². The minimum absolute atomic E-state index is 0.0232. The van der Waals surface area contributed by atoms with Gasteiger partial charge in [0.05, 0.1) is 10.6 Å². The van der Waals surface area contributed by atoms with E-state index < -0.39 is 28.5 Å². The molecule has 256 valence electrons. The van der Waals surface area contributed by atoms with Crippen molar-refractivity contribution in [1.29, 1.82) is 0 Å². The highest BCUT2D eigenvalue weighted by Gasteiger charge is 2.36. The van der Waals surface area contributed by atoms with E-state index in [2.05, 4.69) is 21.2 Å². The molecule has 1 N–H and O–H groups in total. The lowest BCUT2D eigenvalue weighted by Gasteiger charge is -2.35. The van der Waals surface area contributed by atoms with Gasteiger partial charge >= 0.3 is 0 Å². The summed E-state index contributed by atoms with van der Waals surface area (Å²) in [5.74, 6) is 0.117. The zero-order valence-electron chi connectivity index (χ0n) is 27.2. The fraction of sp³-hybridized carbons (Fsp3) is 0.316. The zero-order chi connectivity index (χ0) is 34.2. The number of hydrogen-bond acceptors (Lipinski definition) is 6. The molecule has 49 heavy (non-hydrogen) atoms. The lowest BCUT2D eigenvalue weighted by atomic mass is 9.94. The molecule has 0 unspecified atom stereocenters.